The SMILES string of the molecule is CC(Nc1c(C(F)(F)F)ccc2c1CCN(C(=O)C(F)(F)F)CC2)c1ccc(F)cc1. The molecule has 0 spiro atoms. The lowest BCUT2D eigenvalue weighted by Crippen LogP contribution is -2.42. The van der Waals surface area contributed by atoms with Gasteiger partial charge in [0.1, 0.15) is 5.82 Å². The Kier molecular flexibility index (Phi) is 6.20. The Labute approximate surface area is 173 Å². The highest BCUT2D eigenvalue weighted by atomic mass is 19.4. The van der Waals surface area contributed by atoms with E-state index in [1.807, 2.05) is 0 Å². The lowest BCUT2D eigenvalue weighted by atomic mass is 9.95. The van der Waals surface area contributed by atoms with Crippen molar-refractivity contribution in [2.24, 2.45) is 0 Å². The summed E-state index contributed by atoms with van der Waals surface area (Å²) in [7, 11) is 0. The van der Waals surface area contributed by atoms with Gasteiger partial charge < -0.3 is 10.2 Å². The highest BCUT2D eigenvalue weighted by Gasteiger charge is 2.43. The monoisotopic (exact) mass is 448 g/mol. The van der Waals surface area contributed by atoms with Crippen LogP contribution in [-0.2, 0) is 23.8 Å². The van der Waals surface area contributed by atoms with Gasteiger partial charge in [-0.15, -0.1) is 0 Å². The number of nitrogens with one attached hydrogen (secondary N) is 1. The number of amides is 1. The number of alkyl halides is 6. The van der Waals surface area contributed by atoms with E-state index in [1.165, 1.54) is 30.3 Å². The number of hydrogen-bond donors (Lipinski definition) is 1. The second kappa shape index (κ2) is 8.39. The van der Waals surface area contributed by atoms with Crippen molar-refractivity contribution in [3.63, 3.8) is 0 Å². The van der Waals surface area contributed by atoms with E-state index in [0.717, 1.165) is 6.07 Å². The van der Waals surface area contributed by atoms with Crippen molar-refractivity contribution >= 4 is 11.6 Å². The molecule has 1 heterocycles. The molecule has 3 nitrogen and oxygen atoms in total. The molecule has 1 atom stereocenters. The average molecular weight is 448 g/mol. The Hall–Kier alpha value is -2.78. The number of anilines is 1. The molecule has 2 aromatic rings. The fourth-order valence-electron chi connectivity index (χ4n) is 3.66. The Balaban J connectivity index is 1.97. The van der Waals surface area contributed by atoms with Gasteiger partial charge in [0.05, 0.1) is 11.3 Å². The first-order chi connectivity index (χ1) is 14.4. The molecular formula is C21H19F7N2O. The molecule has 1 aliphatic rings. The van der Waals surface area contributed by atoms with Crippen LogP contribution in [0.25, 0.3) is 0 Å². The van der Waals surface area contributed by atoms with Crippen LogP contribution in [-0.4, -0.2) is 30.1 Å². The van der Waals surface area contributed by atoms with Crippen LogP contribution in [0.1, 0.15) is 35.2 Å². The lowest BCUT2D eigenvalue weighted by molar-refractivity contribution is -0.185. The summed E-state index contributed by atoms with van der Waals surface area (Å²) >= 11 is 0. The van der Waals surface area contributed by atoms with Crippen molar-refractivity contribution in [1.82, 2.24) is 4.90 Å². The largest absolute Gasteiger partial charge is 0.471 e. The van der Waals surface area contributed by atoms with Crippen LogP contribution in [0.15, 0.2) is 36.4 Å². The van der Waals surface area contributed by atoms with Gasteiger partial charge >= 0.3 is 18.3 Å². The number of carbonyl (C=O) groups is 1. The van der Waals surface area contributed by atoms with Gasteiger partial charge in [-0.25, -0.2) is 4.39 Å². The molecule has 1 N–H and O–H groups in total. The summed E-state index contributed by atoms with van der Waals surface area (Å²) in [6, 6.07) is 6.74. The molecule has 1 aliphatic heterocycles. The first-order valence-electron chi connectivity index (χ1n) is 9.48. The number of halogens is 7. The van der Waals surface area contributed by atoms with Crippen molar-refractivity contribution < 1.29 is 35.5 Å². The Bertz CT molecular complexity index is 952. The molecule has 0 fully saturated rings. The first kappa shape index (κ1) is 22.9. The Morgan fingerprint density at radius 1 is 0.968 bits per heavy atom. The quantitative estimate of drug-likeness (QED) is 0.629. The zero-order valence-corrected chi connectivity index (χ0v) is 16.4. The maximum Gasteiger partial charge on any atom is 0.471 e. The lowest BCUT2D eigenvalue weighted by Gasteiger charge is -2.24. The van der Waals surface area contributed by atoms with Gasteiger partial charge in [0.15, 0.2) is 0 Å². The number of fused-ring (bicyclic) bond motifs is 1. The summed E-state index contributed by atoms with van der Waals surface area (Å²) in [6.45, 7) is 0.999. The molecule has 168 valence electrons. The zero-order chi connectivity index (χ0) is 23.0. The first-order valence-corrected chi connectivity index (χ1v) is 9.48. The average Bonchev–Trinajstić information content (AvgIpc) is 2.89. The van der Waals surface area contributed by atoms with Crippen molar-refractivity contribution in [3.05, 3.63) is 64.5 Å². The molecule has 0 aromatic heterocycles. The molecule has 0 saturated heterocycles. The van der Waals surface area contributed by atoms with Crippen LogP contribution in [0, 0.1) is 5.82 Å². The van der Waals surface area contributed by atoms with Gasteiger partial charge in [0, 0.05) is 19.1 Å². The fourth-order valence-corrected chi connectivity index (χ4v) is 3.66. The van der Waals surface area contributed by atoms with Gasteiger partial charge in [0.2, 0.25) is 0 Å². The molecular weight excluding hydrogens is 429 g/mol. The molecule has 3 rings (SSSR count). The van der Waals surface area contributed by atoms with Crippen molar-refractivity contribution in [2.45, 2.75) is 38.2 Å². The summed E-state index contributed by atoms with van der Waals surface area (Å²) in [4.78, 5) is 12.2. The van der Waals surface area contributed by atoms with E-state index in [0.29, 0.717) is 16.0 Å². The Morgan fingerprint density at radius 3 is 2.16 bits per heavy atom. The number of hydrogen-bond acceptors (Lipinski definition) is 2. The van der Waals surface area contributed by atoms with E-state index in [1.54, 1.807) is 6.92 Å². The number of nitrogens with zero attached hydrogens (tertiary/aromatic N) is 1. The van der Waals surface area contributed by atoms with E-state index in [-0.39, 0.29) is 37.2 Å². The summed E-state index contributed by atoms with van der Waals surface area (Å²) in [5, 5.41) is 2.81. The standard InChI is InChI=1S/C21H19F7N2O/c1-12(13-2-5-15(22)6-3-13)29-18-16-9-11-30(19(31)21(26,27)28)10-8-14(16)4-7-17(18)20(23,24)25/h2-7,12,29H,8-11H2,1H3. The van der Waals surface area contributed by atoms with Crippen molar-refractivity contribution in [3.8, 4) is 0 Å². The van der Waals surface area contributed by atoms with Gasteiger partial charge in [-0.2, -0.15) is 26.3 Å². The second-order valence-corrected chi connectivity index (χ2v) is 7.33. The number of benzene rings is 2. The van der Waals surface area contributed by atoms with E-state index < -0.39 is 35.7 Å². The summed E-state index contributed by atoms with van der Waals surface area (Å²) < 4.78 is 92.6. The molecule has 0 saturated carbocycles. The highest BCUT2D eigenvalue weighted by molar-refractivity contribution is 5.82. The van der Waals surface area contributed by atoms with Crippen LogP contribution >= 0.6 is 0 Å². The third-order valence-corrected chi connectivity index (χ3v) is 5.26. The zero-order valence-electron chi connectivity index (χ0n) is 16.4. The minimum atomic E-state index is -5.05. The number of carbonyl (C=O) groups excluding carboxylic acids is 1. The van der Waals surface area contributed by atoms with E-state index in [4.69, 9.17) is 0 Å². The van der Waals surface area contributed by atoms with Gasteiger partial charge in [0.25, 0.3) is 0 Å². The molecule has 0 radical (unpaired) electrons. The third kappa shape index (κ3) is 5.11. The van der Waals surface area contributed by atoms with E-state index >= 15 is 0 Å². The van der Waals surface area contributed by atoms with Gasteiger partial charge in [-0.1, -0.05) is 18.2 Å². The van der Waals surface area contributed by atoms with Crippen molar-refractivity contribution in [1.29, 1.82) is 0 Å². The van der Waals surface area contributed by atoms with Crippen LogP contribution in [0.2, 0.25) is 0 Å². The fraction of sp³-hybridized carbons (Fsp3) is 0.381. The normalized spacial score (nSPS) is 15.8. The minimum absolute atomic E-state index is 0.00506. The van der Waals surface area contributed by atoms with Gasteiger partial charge in [-0.05, 0) is 54.7 Å². The predicted octanol–water partition coefficient (Wildman–Crippen LogP) is 5.51. The highest BCUT2D eigenvalue weighted by Crippen LogP contribution is 2.40. The molecule has 0 aliphatic carbocycles. The molecule has 1 amide bonds. The summed E-state index contributed by atoms with van der Waals surface area (Å²) in [5.74, 6) is -2.50. The molecule has 10 heteroatoms. The predicted molar refractivity (Wildman–Crippen MR) is 99.9 cm³/mol. The summed E-state index contributed by atoms with van der Waals surface area (Å²) in [5.41, 5.74) is 0.0223. The smallest absolute Gasteiger partial charge is 0.378 e. The second-order valence-electron chi connectivity index (χ2n) is 7.33. The number of rotatable bonds is 3. The topological polar surface area (TPSA) is 32.3 Å². The van der Waals surface area contributed by atoms with E-state index in [9.17, 15) is 35.5 Å². The van der Waals surface area contributed by atoms with Crippen LogP contribution < -0.4 is 5.32 Å². The molecule has 0 bridgehead atoms. The minimum Gasteiger partial charge on any atom is -0.378 e. The van der Waals surface area contributed by atoms with Crippen molar-refractivity contribution in [2.75, 3.05) is 18.4 Å². The maximum absolute atomic E-state index is 13.7. The Morgan fingerprint density at radius 2 is 1.58 bits per heavy atom. The molecule has 1 unspecified atom stereocenters. The van der Waals surface area contributed by atoms with Gasteiger partial charge in [-0.3, -0.25) is 4.79 Å². The summed E-state index contributed by atoms with van der Waals surface area (Å²) in [6.07, 6.45) is -9.92. The van der Waals surface area contributed by atoms with Crippen LogP contribution in [0.5, 0.6) is 0 Å². The van der Waals surface area contributed by atoms with E-state index in [2.05, 4.69) is 5.32 Å². The third-order valence-electron chi connectivity index (χ3n) is 5.26. The molecule has 31 heavy (non-hydrogen) atoms. The molecule has 2 aromatic carbocycles. The van der Waals surface area contributed by atoms with Crippen LogP contribution in [0.4, 0.5) is 36.4 Å². The van der Waals surface area contributed by atoms with Crippen LogP contribution in [0.3, 0.4) is 0 Å². The maximum atomic E-state index is 13.7.